The van der Waals surface area contributed by atoms with Gasteiger partial charge in [0.05, 0.1) is 41.8 Å². The van der Waals surface area contributed by atoms with Gasteiger partial charge in [0, 0.05) is 11.6 Å². The molecule has 1 saturated carbocycles. The Balaban J connectivity index is 1.41. The maximum atomic E-state index is 11.7. The highest BCUT2D eigenvalue weighted by atomic mass is 35.5. The third-order valence-corrected chi connectivity index (χ3v) is 7.39. The van der Waals surface area contributed by atoms with Crippen molar-refractivity contribution in [2.45, 2.75) is 51.6 Å². The molecule has 1 aliphatic carbocycles. The first-order valence-corrected chi connectivity index (χ1v) is 12.3. The van der Waals surface area contributed by atoms with Crippen LogP contribution in [0.15, 0.2) is 36.7 Å². The Hall–Kier alpha value is -3.19. The minimum Gasteiger partial charge on any atom is -0.484 e. The second kappa shape index (κ2) is 9.46. The average molecular weight is 494 g/mol. The number of benzene rings is 1. The van der Waals surface area contributed by atoms with Crippen LogP contribution in [0, 0.1) is 18.8 Å². The number of aromatic nitrogens is 3. The number of halogens is 1. The standard InChI is InChI=1S/C27H28ClN3O4/c1-14(27(32)33)25(17-5-6-17)18-7-4-16-8-9-22(35-23(16)10-18)26-15(2)31-21(13-30-26)19-11-24(34-3)29-12-20(19)28/h4,7,10-14,17,22,25H,5-6,8-9H2,1-3H3,(H,32,33)/t14-,22-,25?/m0/s1. The van der Waals surface area contributed by atoms with Crippen molar-refractivity contribution in [2.24, 2.45) is 11.8 Å². The molecule has 5 rings (SSSR count). The number of carboxylic acids is 1. The Morgan fingerprint density at radius 2 is 2.00 bits per heavy atom. The van der Waals surface area contributed by atoms with Gasteiger partial charge in [-0.15, -0.1) is 0 Å². The van der Waals surface area contributed by atoms with Crippen molar-refractivity contribution >= 4 is 17.6 Å². The van der Waals surface area contributed by atoms with Crippen molar-refractivity contribution < 1.29 is 19.4 Å². The van der Waals surface area contributed by atoms with Gasteiger partial charge in [-0.3, -0.25) is 9.78 Å². The molecule has 2 aliphatic rings. The second-order valence-electron chi connectivity index (χ2n) is 9.43. The molecule has 1 N–H and O–H groups in total. The van der Waals surface area contributed by atoms with E-state index in [1.165, 1.54) is 0 Å². The number of carboxylic acid groups (broad SMARTS) is 1. The van der Waals surface area contributed by atoms with Gasteiger partial charge in [-0.05, 0) is 61.6 Å². The van der Waals surface area contributed by atoms with Gasteiger partial charge in [-0.2, -0.15) is 0 Å². The molecule has 0 saturated heterocycles. The predicted molar refractivity (Wildman–Crippen MR) is 132 cm³/mol. The van der Waals surface area contributed by atoms with Crippen LogP contribution in [-0.4, -0.2) is 33.1 Å². The Morgan fingerprint density at radius 3 is 2.69 bits per heavy atom. The molecule has 0 bridgehead atoms. The van der Waals surface area contributed by atoms with Gasteiger partial charge in [0.15, 0.2) is 0 Å². The molecule has 8 heteroatoms. The van der Waals surface area contributed by atoms with Crippen molar-refractivity contribution in [1.29, 1.82) is 0 Å². The highest BCUT2D eigenvalue weighted by Crippen LogP contribution is 2.48. The highest BCUT2D eigenvalue weighted by molar-refractivity contribution is 6.33. The number of pyridine rings is 1. The number of carbonyl (C=O) groups is 1. The molecule has 0 spiro atoms. The van der Waals surface area contributed by atoms with E-state index in [2.05, 4.69) is 17.1 Å². The summed E-state index contributed by atoms with van der Waals surface area (Å²) < 4.78 is 11.6. The summed E-state index contributed by atoms with van der Waals surface area (Å²) in [5.74, 6) is 0.518. The van der Waals surface area contributed by atoms with E-state index in [-0.39, 0.29) is 12.0 Å². The number of ether oxygens (including phenoxy) is 2. The largest absolute Gasteiger partial charge is 0.484 e. The minimum atomic E-state index is -0.753. The molecule has 1 fully saturated rings. The van der Waals surface area contributed by atoms with Crippen LogP contribution in [0.2, 0.25) is 5.02 Å². The number of aliphatic carboxylic acids is 1. The number of aryl methyl sites for hydroxylation is 2. The topological polar surface area (TPSA) is 94.4 Å². The highest BCUT2D eigenvalue weighted by Gasteiger charge is 2.39. The van der Waals surface area contributed by atoms with E-state index in [9.17, 15) is 9.90 Å². The average Bonchev–Trinajstić information content (AvgIpc) is 3.69. The van der Waals surface area contributed by atoms with Crippen LogP contribution < -0.4 is 9.47 Å². The minimum absolute atomic E-state index is 0.00434. The molecule has 0 radical (unpaired) electrons. The van der Waals surface area contributed by atoms with E-state index in [1.54, 1.807) is 32.5 Å². The Morgan fingerprint density at radius 1 is 1.20 bits per heavy atom. The quantitative estimate of drug-likeness (QED) is 0.445. The third kappa shape index (κ3) is 4.69. The second-order valence-corrected chi connectivity index (χ2v) is 9.84. The lowest BCUT2D eigenvalue weighted by Gasteiger charge is -2.28. The molecule has 3 aromatic rings. The third-order valence-electron chi connectivity index (χ3n) is 7.08. The maximum Gasteiger partial charge on any atom is 0.306 e. The molecule has 35 heavy (non-hydrogen) atoms. The van der Waals surface area contributed by atoms with Crippen LogP contribution in [0.1, 0.15) is 60.7 Å². The molecule has 1 aromatic carbocycles. The predicted octanol–water partition coefficient (Wildman–Crippen LogP) is 5.79. The maximum absolute atomic E-state index is 11.7. The smallest absolute Gasteiger partial charge is 0.306 e. The SMILES string of the molecule is COc1cc(-c2cnc([C@@H]3CCc4ccc(C(C5CC5)[C@H](C)C(=O)O)cc4O3)c(C)n2)c(Cl)cn1. The van der Waals surface area contributed by atoms with Crippen LogP contribution in [0.25, 0.3) is 11.3 Å². The Kier molecular flexibility index (Phi) is 6.36. The first-order chi connectivity index (χ1) is 16.9. The lowest BCUT2D eigenvalue weighted by molar-refractivity contribution is -0.142. The van der Waals surface area contributed by atoms with Crippen molar-refractivity contribution in [3.8, 4) is 22.9 Å². The number of hydrogen-bond acceptors (Lipinski definition) is 6. The van der Waals surface area contributed by atoms with Crippen molar-refractivity contribution in [3.05, 3.63) is 64.2 Å². The summed E-state index contributed by atoms with van der Waals surface area (Å²) in [6.45, 7) is 3.73. The molecule has 2 aromatic heterocycles. The van der Waals surface area contributed by atoms with Crippen LogP contribution in [0.4, 0.5) is 0 Å². The normalized spacial score (nSPS) is 18.8. The first-order valence-electron chi connectivity index (χ1n) is 11.9. The summed E-state index contributed by atoms with van der Waals surface area (Å²) in [6, 6.07) is 7.96. The van der Waals surface area contributed by atoms with E-state index in [0.717, 1.165) is 53.9 Å². The number of fused-ring (bicyclic) bond motifs is 1. The van der Waals surface area contributed by atoms with E-state index in [4.69, 9.17) is 31.0 Å². The molecule has 7 nitrogen and oxygen atoms in total. The fraction of sp³-hybridized carbons (Fsp3) is 0.407. The summed E-state index contributed by atoms with van der Waals surface area (Å²) in [7, 11) is 1.55. The van der Waals surface area contributed by atoms with E-state index in [1.807, 2.05) is 13.0 Å². The zero-order chi connectivity index (χ0) is 24.7. The monoisotopic (exact) mass is 493 g/mol. The van der Waals surface area contributed by atoms with Gasteiger partial charge in [0.1, 0.15) is 17.5 Å². The van der Waals surface area contributed by atoms with Gasteiger partial charge in [-0.25, -0.2) is 9.97 Å². The van der Waals surface area contributed by atoms with Gasteiger partial charge in [0.2, 0.25) is 5.88 Å². The zero-order valence-electron chi connectivity index (χ0n) is 20.0. The van der Waals surface area contributed by atoms with E-state index < -0.39 is 11.9 Å². The Bertz CT molecular complexity index is 1280. The summed E-state index contributed by atoms with van der Waals surface area (Å²) in [5, 5.41) is 10.1. The lowest BCUT2D eigenvalue weighted by atomic mass is 9.82. The Labute approximate surface area is 209 Å². The molecular weight excluding hydrogens is 466 g/mol. The number of methoxy groups -OCH3 is 1. The fourth-order valence-electron chi connectivity index (χ4n) is 5.03. The first kappa shape index (κ1) is 23.5. The molecule has 1 unspecified atom stereocenters. The summed E-state index contributed by atoms with van der Waals surface area (Å²) in [5.41, 5.74) is 5.10. The molecule has 0 amide bonds. The molecular formula is C27H28ClN3O4. The van der Waals surface area contributed by atoms with Gasteiger partial charge in [0.25, 0.3) is 0 Å². The van der Waals surface area contributed by atoms with Crippen molar-refractivity contribution in [1.82, 2.24) is 15.0 Å². The van der Waals surface area contributed by atoms with Crippen LogP contribution >= 0.6 is 11.6 Å². The van der Waals surface area contributed by atoms with Gasteiger partial charge in [-0.1, -0.05) is 30.7 Å². The molecule has 3 atom stereocenters. The van der Waals surface area contributed by atoms with E-state index in [0.29, 0.717) is 28.1 Å². The van der Waals surface area contributed by atoms with Crippen molar-refractivity contribution in [2.75, 3.05) is 7.11 Å². The lowest BCUT2D eigenvalue weighted by Crippen LogP contribution is -2.22. The fourth-order valence-corrected chi connectivity index (χ4v) is 5.23. The van der Waals surface area contributed by atoms with E-state index >= 15 is 0 Å². The number of nitrogens with zero attached hydrogens (tertiary/aromatic N) is 3. The summed E-state index contributed by atoms with van der Waals surface area (Å²) in [6.07, 6.45) is 6.84. The summed E-state index contributed by atoms with van der Waals surface area (Å²) >= 11 is 6.35. The number of rotatable bonds is 7. The van der Waals surface area contributed by atoms with Gasteiger partial charge < -0.3 is 14.6 Å². The zero-order valence-corrected chi connectivity index (χ0v) is 20.7. The van der Waals surface area contributed by atoms with Crippen LogP contribution in [0.5, 0.6) is 11.6 Å². The van der Waals surface area contributed by atoms with Crippen molar-refractivity contribution in [3.63, 3.8) is 0 Å². The van der Waals surface area contributed by atoms with Crippen LogP contribution in [-0.2, 0) is 11.2 Å². The molecule has 3 heterocycles. The number of hydrogen-bond donors (Lipinski definition) is 1. The summed E-state index contributed by atoms with van der Waals surface area (Å²) in [4.78, 5) is 25.3. The van der Waals surface area contributed by atoms with Gasteiger partial charge >= 0.3 is 5.97 Å². The van der Waals surface area contributed by atoms with Crippen LogP contribution in [0.3, 0.4) is 0 Å². The molecule has 1 aliphatic heterocycles. The molecule has 182 valence electrons.